The Balaban J connectivity index is 0.943. The number of ether oxygens (including phenoxy) is 2. The van der Waals surface area contributed by atoms with Crippen LogP contribution in [0.5, 0.6) is 0 Å². The minimum atomic E-state index is -5.39. The number of likely N-dealkylation sites (N-methyl/N-ethyl adjacent to an activating group) is 1. The van der Waals surface area contributed by atoms with E-state index in [1.54, 1.807) is 52.5 Å². The van der Waals surface area contributed by atoms with E-state index < -0.39 is 48.4 Å². The number of hydrogen-bond donors (Lipinski definition) is 3. The summed E-state index contributed by atoms with van der Waals surface area (Å²) < 4.78 is 47.7. The molecule has 4 amide bonds. The number of rotatable bonds is 12. The fraction of sp³-hybridized carbons (Fsp3) is 0.354. The monoisotopic (exact) mass is 934 g/mol. The second-order valence-corrected chi connectivity index (χ2v) is 17.1. The van der Waals surface area contributed by atoms with E-state index in [2.05, 4.69) is 25.0 Å². The van der Waals surface area contributed by atoms with Crippen LogP contribution >= 0.6 is 0 Å². The van der Waals surface area contributed by atoms with Crippen LogP contribution in [-0.2, 0) is 30.3 Å². The molecule has 0 spiro atoms. The molecule has 3 aromatic carbocycles. The van der Waals surface area contributed by atoms with Gasteiger partial charge in [-0.05, 0) is 49.3 Å². The van der Waals surface area contributed by atoms with Crippen LogP contribution in [0.3, 0.4) is 0 Å². The van der Waals surface area contributed by atoms with E-state index in [1.165, 1.54) is 7.11 Å². The highest BCUT2D eigenvalue weighted by molar-refractivity contribution is 5.91. The van der Waals surface area contributed by atoms with E-state index in [4.69, 9.17) is 19.7 Å². The molecular formula is C48H49F3N10O7. The number of carbonyl (C=O) groups is 5. The molecule has 6 aromatic rings. The second kappa shape index (κ2) is 19.7. The van der Waals surface area contributed by atoms with Crippen molar-refractivity contribution in [3.8, 4) is 33.8 Å². The predicted octanol–water partition coefficient (Wildman–Crippen LogP) is 7.55. The van der Waals surface area contributed by atoms with E-state index in [0.717, 1.165) is 41.5 Å². The number of alkyl halides is 3. The van der Waals surface area contributed by atoms with E-state index >= 15 is 0 Å². The summed E-state index contributed by atoms with van der Waals surface area (Å²) >= 11 is 0. The number of carbonyl (C=O) groups excluding carboxylic acids is 5. The van der Waals surface area contributed by atoms with E-state index in [0.29, 0.717) is 71.3 Å². The third-order valence-corrected chi connectivity index (χ3v) is 12.3. The van der Waals surface area contributed by atoms with Gasteiger partial charge in [-0.15, -0.1) is 0 Å². The van der Waals surface area contributed by atoms with Crippen LogP contribution in [-0.4, -0.2) is 120 Å². The van der Waals surface area contributed by atoms with Gasteiger partial charge in [-0.2, -0.15) is 13.2 Å². The Hall–Kier alpha value is -7.64. The molecule has 0 saturated carbocycles. The minimum Gasteiger partial charge on any atom is -0.453 e. The van der Waals surface area contributed by atoms with Gasteiger partial charge >= 0.3 is 24.3 Å². The highest BCUT2D eigenvalue weighted by Crippen LogP contribution is 2.35. The molecule has 2 saturated heterocycles. The van der Waals surface area contributed by atoms with Gasteiger partial charge in [-0.25, -0.2) is 29.3 Å². The van der Waals surface area contributed by atoms with Crippen molar-refractivity contribution in [1.29, 1.82) is 0 Å². The van der Waals surface area contributed by atoms with Crippen LogP contribution in [0.25, 0.3) is 44.8 Å². The van der Waals surface area contributed by atoms with Crippen molar-refractivity contribution in [1.82, 2.24) is 49.9 Å². The molecule has 5 heterocycles. The molecule has 2 fully saturated rings. The van der Waals surface area contributed by atoms with Gasteiger partial charge in [0.15, 0.2) is 0 Å². The first-order valence-corrected chi connectivity index (χ1v) is 22.1. The van der Waals surface area contributed by atoms with Gasteiger partial charge in [0.1, 0.15) is 23.7 Å². The zero-order valence-corrected chi connectivity index (χ0v) is 37.6. The molecule has 354 valence electrons. The maximum atomic E-state index is 14.2. The van der Waals surface area contributed by atoms with Crippen molar-refractivity contribution in [2.24, 2.45) is 5.92 Å². The Morgan fingerprint density at radius 2 is 1.46 bits per heavy atom. The molecule has 0 aliphatic carbocycles. The summed E-state index contributed by atoms with van der Waals surface area (Å²) in [6.45, 7) is 4.60. The summed E-state index contributed by atoms with van der Waals surface area (Å²) in [5, 5.41) is 2.67. The number of aromatic nitrogens is 6. The highest BCUT2D eigenvalue weighted by Gasteiger charge is 2.45. The van der Waals surface area contributed by atoms with Gasteiger partial charge < -0.3 is 34.6 Å². The molecule has 3 N–H and O–H groups in total. The number of hydrogen-bond acceptors (Lipinski definition) is 11. The highest BCUT2D eigenvalue weighted by atomic mass is 19.4. The number of aromatic amines is 2. The smallest absolute Gasteiger partial charge is 0.453 e. The fourth-order valence-electron chi connectivity index (χ4n) is 8.70. The predicted molar refractivity (Wildman–Crippen MR) is 241 cm³/mol. The molecule has 2 aliphatic heterocycles. The van der Waals surface area contributed by atoms with Crippen molar-refractivity contribution < 1.29 is 46.6 Å². The topological polar surface area (TPSA) is 209 Å². The average molecular weight is 935 g/mol. The normalized spacial score (nSPS) is 17.0. The first kappa shape index (κ1) is 46.9. The maximum absolute atomic E-state index is 14.2. The van der Waals surface area contributed by atoms with Gasteiger partial charge in [-0.1, -0.05) is 74.5 Å². The molecule has 0 radical (unpaired) electrons. The molecule has 4 atom stereocenters. The first-order valence-electron chi connectivity index (χ1n) is 22.1. The van der Waals surface area contributed by atoms with Gasteiger partial charge in [0.2, 0.25) is 11.8 Å². The quantitative estimate of drug-likeness (QED) is 0.0806. The summed E-state index contributed by atoms with van der Waals surface area (Å²) in [6.07, 6.45) is 0.145. The van der Waals surface area contributed by atoms with Crippen LogP contribution in [0.15, 0.2) is 91.4 Å². The van der Waals surface area contributed by atoms with Crippen molar-refractivity contribution in [3.63, 3.8) is 0 Å². The number of imidazole rings is 2. The van der Waals surface area contributed by atoms with Crippen LogP contribution in [0, 0.1) is 5.92 Å². The summed E-state index contributed by atoms with van der Waals surface area (Å²) in [5.74, 6) is -2.38. The number of nitrogens with zero attached hydrogens (tertiary/aromatic N) is 7. The Morgan fingerprint density at radius 1 is 0.809 bits per heavy atom. The molecule has 8 rings (SSSR count). The summed E-state index contributed by atoms with van der Waals surface area (Å²) in [6, 6.07) is 19.2. The number of fused-ring (bicyclic) bond motifs is 1. The summed E-state index contributed by atoms with van der Waals surface area (Å²) in [5.41, 5.74) is 6.42. The second-order valence-electron chi connectivity index (χ2n) is 17.1. The molecule has 20 heteroatoms. The molecule has 3 aromatic heterocycles. The average Bonchev–Trinajstić information content (AvgIpc) is 4.19. The lowest BCUT2D eigenvalue weighted by atomic mass is 10.0. The lowest BCUT2D eigenvalue weighted by molar-refractivity contribution is -0.194. The SMILES string of the molecule is COC(=O)N[C@H](C(=O)N1CCC[C@H]1c1nc(-c2ccc(-c3cnc4cc(-c5cnc([C@@H]6CCCN6C(=O)[C@@H](Cc6ccccc6)N(C)C(=O)OC(=O)C(F)(F)F)[nH]5)ccc4n3)cc2)c[nH]1)C(C)C. The number of halogens is 3. The van der Waals surface area contributed by atoms with Gasteiger partial charge in [0.25, 0.3) is 0 Å². The maximum Gasteiger partial charge on any atom is 0.491 e. The number of alkyl carbamates (subject to hydrolysis) is 1. The number of amides is 4. The van der Waals surface area contributed by atoms with Crippen LogP contribution in [0.4, 0.5) is 22.8 Å². The molecule has 68 heavy (non-hydrogen) atoms. The molecule has 17 nitrogen and oxygen atoms in total. The first-order chi connectivity index (χ1) is 32.6. The number of esters is 1. The number of nitrogens with one attached hydrogen (secondary N) is 3. The van der Waals surface area contributed by atoms with Crippen LogP contribution < -0.4 is 5.32 Å². The van der Waals surface area contributed by atoms with E-state index in [-0.39, 0.29) is 24.3 Å². The number of benzene rings is 3. The zero-order chi connectivity index (χ0) is 48.3. The third-order valence-electron chi connectivity index (χ3n) is 12.3. The fourth-order valence-corrected chi connectivity index (χ4v) is 8.70. The molecular weight excluding hydrogens is 886 g/mol. The van der Waals surface area contributed by atoms with E-state index in [9.17, 15) is 37.1 Å². The zero-order valence-electron chi connectivity index (χ0n) is 37.6. The summed E-state index contributed by atoms with van der Waals surface area (Å²) in [4.78, 5) is 93.8. The Bertz CT molecular complexity index is 2820. The minimum absolute atomic E-state index is 0.0412. The number of methoxy groups -OCH3 is 1. The van der Waals surface area contributed by atoms with Crippen molar-refractivity contribution in [2.75, 3.05) is 27.2 Å². The Labute approximate surface area is 388 Å². The molecule has 0 bridgehead atoms. The standard InChI is InChI=1S/C48H49F3N10O7/c1-27(2)40(58-46(65)67-4)44(63)61-21-9-13-38(61)42-53-25-35(56-42)30-16-14-29(15-17-30)34-24-52-33-23-31(18-19-32(33)55-34)36-26-54-41(57-36)37-12-8-20-60(37)43(62)39(22-28-10-6-5-7-11-28)59(3)47(66)68-45(64)48(49,50)51/h5-7,10-11,14-19,23-27,37-40H,8-9,12-13,20-22H2,1-4H3,(H,53,56)(H,54,57)(H,58,65)/t37-,38-,39+,40-/m0/s1. The molecule has 0 unspecified atom stereocenters. The van der Waals surface area contributed by atoms with Gasteiger partial charge in [0, 0.05) is 49.4 Å². The largest absolute Gasteiger partial charge is 0.491 e. The number of H-pyrrole nitrogens is 2. The Morgan fingerprint density at radius 3 is 2.12 bits per heavy atom. The van der Waals surface area contributed by atoms with Crippen LogP contribution in [0.1, 0.15) is 68.8 Å². The third kappa shape index (κ3) is 10.0. The van der Waals surface area contributed by atoms with Gasteiger partial charge in [-0.3, -0.25) is 19.5 Å². The van der Waals surface area contributed by atoms with Crippen molar-refractivity contribution >= 4 is 41.0 Å². The van der Waals surface area contributed by atoms with Crippen LogP contribution in [0.2, 0.25) is 0 Å². The van der Waals surface area contributed by atoms with Crippen molar-refractivity contribution in [2.45, 2.75) is 76.3 Å². The summed E-state index contributed by atoms with van der Waals surface area (Å²) in [7, 11) is 2.39. The lowest BCUT2D eigenvalue weighted by Gasteiger charge is -2.32. The number of likely N-dealkylation sites (tertiary alicyclic amines) is 2. The van der Waals surface area contributed by atoms with E-state index in [1.807, 2.05) is 62.5 Å². The molecule has 2 aliphatic rings. The van der Waals surface area contributed by atoms with Gasteiger partial charge in [0.05, 0.1) is 59.7 Å². The van der Waals surface area contributed by atoms with Crippen molar-refractivity contribution in [3.05, 3.63) is 109 Å². The Kier molecular flexibility index (Phi) is 13.6. The lowest BCUT2D eigenvalue weighted by Crippen LogP contribution is -2.51.